The highest BCUT2D eigenvalue weighted by Gasteiger charge is 2.32. The molecule has 4 rings (SSSR count). The van der Waals surface area contributed by atoms with Crippen molar-refractivity contribution in [1.82, 2.24) is 10.3 Å². The molecule has 2 aromatic carbocycles. The van der Waals surface area contributed by atoms with Crippen LogP contribution in [0.15, 0.2) is 48.7 Å². The quantitative estimate of drug-likeness (QED) is 0.657. The molecule has 0 bridgehead atoms. The Balaban J connectivity index is 1.29. The number of fused-ring (bicyclic) bond motifs is 2. The topological polar surface area (TPSA) is 63.3 Å². The van der Waals surface area contributed by atoms with Gasteiger partial charge >= 0.3 is 0 Å². The van der Waals surface area contributed by atoms with Gasteiger partial charge in [0.15, 0.2) is 11.5 Å². The van der Waals surface area contributed by atoms with Gasteiger partial charge in [0.05, 0.1) is 13.0 Å². The lowest BCUT2D eigenvalue weighted by Gasteiger charge is -2.18. The minimum atomic E-state index is -0.199. The van der Waals surface area contributed by atoms with Crippen LogP contribution in [0.3, 0.4) is 0 Å². The molecule has 1 amide bonds. The number of nitrogens with one attached hydrogen (secondary N) is 2. The van der Waals surface area contributed by atoms with Crippen LogP contribution in [0.2, 0.25) is 0 Å². The van der Waals surface area contributed by atoms with E-state index in [0.29, 0.717) is 19.6 Å². The maximum absolute atomic E-state index is 12.2. The van der Waals surface area contributed by atoms with Crippen molar-refractivity contribution in [2.45, 2.75) is 32.3 Å². The molecule has 1 aromatic heterocycles. The van der Waals surface area contributed by atoms with Crippen LogP contribution in [0.5, 0.6) is 11.5 Å². The van der Waals surface area contributed by atoms with Gasteiger partial charge in [-0.2, -0.15) is 0 Å². The van der Waals surface area contributed by atoms with Crippen molar-refractivity contribution < 1.29 is 14.3 Å². The smallest absolute Gasteiger partial charge is 0.224 e. The van der Waals surface area contributed by atoms with E-state index in [1.54, 1.807) is 0 Å². The predicted octanol–water partition coefficient (Wildman–Crippen LogP) is 3.62. The Bertz CT molecular complexity index is 975. The lowest BCUT2D eigenvalue weighted by molar-refractivity contribution is -0.120. The van der Waals surface area contributed by atoms with Crippen LogP contribution >= 0.6 is 0 Å². The SMILES string of the molecule is CC1(C)Cc2cccc(OCCNC(=O)Cc3c[nH]c4ccccc34)c2O1. The number of ether oxygens (including phenoxy) is 2. The van der Waals surface area contributed by atoms with Crippen molar-refractivity contribution in [3.8, 4) is 11.5 Å². The molecule has 0 aliphatic carbocycles. The molecule has 0 spiro atoms. The fourth-order valence-electron chi connectivity index (χ4n) is 3.57. The summed E-state index contributed by atoms with van der Waals surface area (Å²) in [5.41, 5.74) is 3.01. The number of benzene rings is 2. The number of para-hydroxylation sites is 2. The first-order valence-electron chi connectivity index (χ1n) is 9.27. The highest BCUT2D eigenvalue weighted by Crippen LogP contribution is 2.41. The summed E-state index contributed by atoms with van der Waals surface area (Å²) in [5, 5.41) is 4.01. The molecule has 1 aliphatic rings. The summed E-state index contributed by atoms with van der Waals surface area (Å²) >= 11 is 0. The zero-order valence-corrected chi connectivity index (χ0v) is 15.7. The Morgan fingerprint density at radius 3 is 2.96 bits per heavy atom. The number of hydrogen-bond donors (Lipinski definition) is 2. The number of H-pyrrole nitrogens is 1. The number of aromatic amines is 1. The average Bonchev–Trinajstić information content (AvgIpc) is 3.18. The number of aromatic nitrogens is 1. The first kappa shape index (κ1) is 17.5. The maximum Gasteiger partial charge on any atom is 0.224 e. The molecule has 0 radical (unpaired) electrons. The van der Waals surface area contributed by atoms with Gasteiger partial charge < -0.3 is 19.8 Å². The van der Waals surface area contributed by atoms with Crippen LogP contribution in [-0.4, -0.2) is 29.6 Å². The van der Waals surface area contributed by atoms with E-state index in [0.717, 1.165) is 34.4 Å². The fourth-order valence-corrected chi connectivity index (χ4v) is 3.57. The van der Waals surface area contributed by atoms with Crippen LogP contribution in [0, 0.1) is 0 Å². The Hall–Kier alpha value is -2.95. The van der Waals surface area contributed by atoms with Crippen LogP contribution in [0.1, 0.15) is 25.0 Å². The van der Waals surface area contributed by atoms with Crippen molar-refractivity contribution in [2.75, 3.05) is 13.2 Å². The summed E-state index contributed by atoms with van der Waals surface area (Å²) in [6, 6.07) is 13.9. The summed E-state index contributed by atoms with van der Waals surface area (Å²) in [5.74, 6) is 1.55. The molecule has 27 heavy (non-hydrogen) atoms. The first-order valence-corrected chi connectivity index (χ1v) is 9.27. The second kappa shape index (κ2) is 6.99. The van der Waals surface area contributed by atoms with Gasteiger partial charge in [-0.3, -0.25) is 4.79 Å². The molecule has 0 unspecified atom stereocenters. The second-order valence-corrected chi connectivity index (χ2v) is 7.52. The third-order valence-corrected chi connectivity index (χ3v) is 4.76. The predicted molar refractivity (Wildman–Crippen MR) is 105 cm³/mol. The third kappa shape index (κ3) is 3.77. The second-order valence-electron chi connectivity index (χ2n) is 7.52. The lowest BCUT2D eigenvalue weighted by atomic mass is 10.0. The van der Waals surface area contributed by atoms with E-state index in [9.17, 15) is 4.79 Å². The molecular formula is C22H24N2O3. The molecule has 2 heterocycles. The van der Waals surface area contributed by atoms with Crippen LogP contribution in [0.4, 0.5) is 0 Å². The Labute approximate surface area is 158 Å². The molecule has 2 N–H and O–H groups in total. The standard InChI is InChI=1S/C22H24N2O3/c1-22(2)13-15-6-5-9-19(21(15)27-22)26-11-10-23-20(25)12-16-14-24-18-8-4-3-7-17(16)18/h3-9,14,24H,10-13H2,1-2H3,(H,23,25). The van der Waals surface area contributed by atoms with Gasteiger partial charge in [-0.05, 0) is 31.5 Å². The zero-order chi connectivity index (χ0) is 18.9. The van der Waals surface area contributed by atoms with Gasteiger partial charge in [0.25, 0.3) is 0 Å². The molecule has 0 saturated heterocycles. The van der Waals surface area contributed by atoms with E-state index >= 15 is 0 Å². The Morgan fingerprint density at radius 2 is 2.07 bits per heavy atom. The average molecular weight is 364 g/mol. The van der Waals surface area contributed by atoms with Crippen LogP contribution < -0.4 is 14.8 Å². The monoisotopic (exact) mass is 364 g/mol. The summed E-state index contributed by atoms with van der Waals surface area (Å²) in [6.07, 6.45) is 3.12. The van der Waals surface area contributed by atoms with Crippen molar-refractivity contribution in [2.24, 2.45) is 0 Å². The van der Waals surface area contributed by atoms with Gasteiger partial charge in [-0.25, -0.2) is 0 Å². The van der Waals surface area contributed by atoms with Gasteiger partial charge in [0.2, 0.25) is 5.91 Å². The summed E-state index contributed by atoms with van der Waals surface area (Å²) < 4.78 is 11.9. The van der Waals surface area contributed by atoms with E-state index < -0.39 is 0 Å². The molecule has 0 atom stereocenters. The van der Waals surface area contributed by atoms with Crippen LogP contribution in [-0.2, 0) is 17.6 Å². The summed E-state index contributed by atoms with van der Waals surface area (Å²) in [7, 11) is 0. The molecule has 0 fully saturated rings. The van der Waals surface area contributed by atoms with Gasteiger partial charge in [-0.15, -0.1) is 0 Å². The first-order chi connectivity index (χ1) is 13.0. The molecule has 5 heteroatoms. The van der Waals surface area contributed by atoms with Crippen molar-refractivity contribution in [3.63, 3.8) is 0 Å². The van der Waals surface area contributed by atoms with Crippen molar-refractivity contribution in [1.29, 1.82) is 0 Å². The van der Waals surface area contributed by atoms with Gasteiger partial charge in [0.1, 0.15) is 12.2 Å². The molecule has 5 nitrogen and oxygen atoms in total. The number of rotatable bonds is 6. The Kier molecular flexibility index (Phi) is 4.52. The number of carbonyl (C=O) groups is 1. The van der Waals surface area contributed by atoms with E-state index in [2.05, 4.69) is 30.2 Å². The fraction of sp³-hybridized carbons (Fsp3) is 0.318. The third-order valence-electron chi connectivity index (χ3n) is 4.76. The Morgan fingerprint density at radius 1 is 1.22 bits per heavy atom. The molecular weight excluding hydrogens is 340 g/mol. The summed E-state index contributed by atoms with van der Waals surface area (Å²) in [4.78, 5) is 15.4. The van der Waals surface area contributed by atoms with Crippen molar-refractivity contribution >= 4 is 16.8 Å². The number of amides is 1. The number of carbonyl (C=O) groups excluding carboxylic acids is 1. The molecule has 0 saturated carbocycles. The number of hydrogen-bond acceptors (Lipinski definition) is 3. The zero-order valence-electron chi connectivity index (χ0n) is 15.7. The molecule has 140 valence electrons. The normalized spacial score (nSPS) is 14.6. The molecule has 1 aliphatic heterocycles. The minimum Gasteiger partial charge on any atom is -0.488 e. The largest absolute Gasteiger partial charge is 0.488 e. The van der Waals surface area contributed by atoms with E-state index in [1.807, 2.05) is 42.6 Å². The highest BCUT2D eigenvalue weighted by molar-refractivity contribution is 5.88. The molecule has 3 aromatic rings. The lowest BCUT2D eigenvalue weighted by Crippen LogP contribution is -2.29. The van der Waals surface area contributed by atoms with Gasteiger partial charge in [0, 0.05) is 29.1 Å². The van der Waals surface area contributed by atoms with E-state index in [4.69, 9.17) is 9.47 Å². The highest BCUT2D eigenvalue weighted by atomic mass is 16.5. The van der Waals surface area contributed by atoms with Crippen molar-refractivity contribution in [3.05, 3.63) is 59.8 Å². The van der Waals surface area contributed by atoms with Gasteiger partial charge in [-0.1, -0.05) is 30.3 Å². The maximum atomic E-state index is 12.2. The van der Waals surface area contributed by atoms with Crippen LogP contribution in [0.25, 0.3) is 10.9 Å². The van der Waals surface area contributed by atoms with E-state index in [1.165, 1.54) is 5.56 Å². The van der Waals surface area contributed by atoms with E-state index in [-0.39, 0.29) is 11.5 Å². The summed E-state index contributed by atoms with van der Waals surface area (Å²) in [6.45, 7) is 5.00. The minimum absolute atomic E-state index is 0.0148.